The molecule has 1 aliphatic heterocycles. The van der Waals surface area contributed by atoms with Crippen LogP contribution in [0.1, 0.15) is 19.5 Å². The molecule has 1 saturated heterocycles. The van der Waals surface area contributed by atoms with Gasteiger partial charge in [-0.3, -0.25) is 14.3 Å². The third-order valence-electron chi connectivity index (χ3n) is 6.06. The van der Waals surface area contributed by atoms with E-state index in [0.717, 1.165) is 0 Å². The van der Waals surface area contributed by atoms with Gasteiger partial charge in [0.05, 0.1) is 18.9 Å². The van der Waals surface area contributed by atoms with E-state index < -0.39 is 50.3 Å². The van der Waals surface area contributed by atoms with Gasteiger partial charge in [0.1, 0.15) is 41.9 Å². The molecule has 1 fully saturated rings. The summed E-state index contributed by atoms with van der Waals surface area (Å²) in [6.45, 7) is 2.72. The van der Waals surface area contributed by atoms with Crippen molar-refractivity contribution in [3.8, 4) is 5.75 Å². The van der Waals surface area contributed by atoms with E-state index >= 15 is 0 Å². The molecule has 6 atom stereocenters. The maximum absolute atomic E-state index is 13.8. The van der Waals surface area contributed by atoms with Crippen molar-refractivity contribution >= 4 is 31.3 Å². The molecule has 210 valence electrons. The van der Waals surface area contributed by atoms with E-state index in [9.17, 15) is 19.6 Å². The maximum atomic E-state index is 13.8. The van der Waals surface area contributed by atoms with Gasteiger partial charge in [0, 0.05) is 13.3 Å². The van der Waals surface area contributed by atoms with Crippen LogP contribution in [-0.2, 0) is 29.0 Å². The number of aliphatic hydroxyl groups excluding tert-OH is 2. The molecule has 1 aromatic carbocycles. The number of benzene rings is 1. The summed E-state index contributed by atoms with van der Waals surface area (Å²) >= 11 is 0. The van der Waals surface area contributed by atoms with Gasteiger partial charge >= 0.3 is 13.7 Å². The lowest BCUT2D eigenvalue weighted by molar-refractivity contribution is -0.144. The molecule has 5 N–H and O–H groups in total. The summed E-state index contributed by atoms with van der Waals surface area (Å²) in [4.78, 5) is 20.2. The highest BCUT2D eigenvalue weighted by molar-refractivity contribution is 7.52. The van der Waals surface area contributed by atoms with E-state index in [1.54, 1.807) is 49.4 Å². The number of nitrogens with one attached hydrogen (secondary N) is 1. The second-order valence-electron chi connectivity index (χ2n) is 8.73. The lowest BCUT2D eigenvalue weighted by Crippen LogP contribution is -2.43. The Morgan fingerprint density at radius 1 is 1.33 bits per heavy atom. The molecule has 0 saturated carbocycles. The van der Waals surface area contributed by atoms with Crippen LogP contribution < -0.4 is 15.3 Å². The molecule has 14 nitrogen and oxygen atoms in total. The fraction of sp³-hybridized carbons (Fsp3) is 0.417. The van der Waals surface area contributed by atoms with Crippen LogP contribution in [0.5, 0.6) is 5.75 Å². The molecule has 4 rings (SSSR count). The van der Waals surface area contributed by atoms with Crippen molar-refractivity contribution in [2.24, 2.45) is 4.99 Å². The van der Waals surface area contributed by atoms with Gasteiger partial charge < -0.3 is 29.9 Å². The number of nitrogens with two attached hydrogens (primary N) is 1. The number of fused-ring (bicyclic) bond motifs is 1. The number of nitrogens with zero attached hydrogens (tertiary/aromatic N) is 4. The van der Waals surface area contributed by atoms with Crippen molar-refractivity contribution in [1.82, 2.24) is 19.7 Å². The average molecular weight is 563 g/mol. The molecule has 0 spiro atoms. The Hall–Kier alpha value is -3.39. The molecule has 2 aromatic heterocycles. The van der Waals surface area contributed by atoms with Crippen LogP contribution in [0.3, 0.4) is 0 Å². The Morgan fingerprint density at radius 3 is 2.77 bits per heavy atom. The van der Waals surface area contributed by atoms with Gasteiger partial charge in [-0.25, -0.2) is 14.1 Å². The number of anilines is 1. The van der Waals surface area contributed by atoms with Crippen molar-refractivity contribution < 1.29 is 38.1 Å². The van der Waals surface area contributed by atoms with Gasteiger partial charge in [-0.2, -0.15) is 10.2 Å². The van der Waals surface area contributed by atoms with Crippen LogP contribution in [0.15, 0.2) is 53.8 Å². The molecule has 1 unspecified atom stereocenters. The highest BCUT2D eigenvalue weighted by Crippen LogP contribution is 2.47. The van der Waals surface area contributed by atoms with E-state index in [2.05, 4.69) is 20.2 Å². The molecule has 39 heavy (non-hydrogen) atoms. The predicted octanol–water partition coefficient (Wildman–Crippen LogP) is 1.07. The summed E-state index contributed by atoms with van der Waals surface area (Å²) in [5.74, 6) is -0.250. The highest BCUT2D eigenvalue weighted by Gasteiger charge is 2.56. The number of rotatable bonds is 11. The third kappa shape index (κ3) is 5.81. The number of aliphatic hydroxyl groups is 2. The number of ether oxygens (including phenoxy) is 2. The normalized spacial score (nSPS) is 25.5. The quantitative estimate of drug-likeness (QED) is 0.148. The Balaban J connectivity index is 1.60. The molecule has 3 heterocycles. The van der Waals surface area contributed by atoms with Gasteiger partial charge in [-0.1, -0.05) is 18.2 Å². The van der Waals surface area contributed by atoms with Gasteiger partial charge in [0.15, 0.2) is 11.4 Å². The lowest BCUT2D eigenvalue weighted by Gasteiger charge is -2.28. The Kier molecular flexibility index (Phi) is 8.64. The molecular formula is C24H31N6O8P. The van der Waals surface area contributed by atoms with E-state index in [4.69, 9.17) is 24.3 Å². The average Bonchev–Trinajstić information content (AvgIpc) is 3.45. The van der Waals surface area contributed by atoms with E-state index in [-0.39, 0.29) is 18.2 Å². The van der Waals surface area contributed by atoms with Crippen LogP contribution in [0.4, 0.5) is 5.82 Å². The van der Waals surface area contributed by atoms with Crippen LogP contribution in [-0.4, -0.2) is 81.6 Å². The third-order valence-corrected chi connectivity index (χ3v) is 7.71. The van der Waals surface area contributed by atoms with Crippen LogP contribution in [0.2, 0.25) is 0 Å². The number of aliphatic imine (C=N–C) groups is 1. The highest BCUT2D eigenvalue weighted by atomic mass is 31.2. The topological polar surface area (TPSA) is 192 Å². The first-order valence-corrected chi connectivity index (χ1v) is 13.7. The van der Waals surface area contributed by atoms with Crippen molar-refractivity contribution in [3.63, 3.8) is 0 Å². The van der Waals surface area contributed by atoms with Crippen molar-refractivity contribution in [2.75, 3.05) is 26.0 Å². The second kappa shape index (κ2) is 11.8. The summed E-state index contributed by atoms with van der Waals surface area (Å²) in [7, 11) is -2.75. The van der Waals surface area contributed by atoms with Gasteiger partial charge in [0.25, 0.3) is 0 Å². The fourth-order valence-electron chi connectivity index (χ4n) is 4.24. The standard InChI is InChI=1S/C24H31N6O8P/c1-4-35-23(33)15(2)29-39(34,38-16-8-6-5-7-9-16)36-12-18-20(31)21(32)24(37-18,13-26-3)19-11-10-17-22(25)27-14-28-30(17)19/h5-11,13-15,18,20-21,31-32H,4,12H2,1-3H3,(H,29,34)(H2,25,27,28)/t15-,18+,20+,21+,24-,39?/m0/s1. The zero-order valence-corrected chi connectivity index (χ0v) is 22.5. The molecule has 15 heteroatoms. The number of nitrogen functional groups attached to an aromatic ring is 1. The van der Waals surface area contributed by atoms with Crippen LogP contribution >= 0.6 is 7.75 Å². The molecular weight excluding hydrogens is 531 g/mol. The predicted molar refractivity (Wildman–Crippen MR) is 140 cm³/mol. The monoisotopic (exact) mass is 562 g/mol. The minimum Gasteiger partial charge on any atom is -0.465 e. The Morgan fingerprint density at radius 2 is 2.08 bits per heavy atom. The summed E-state index contributed by atoms with van der Waals surface area (Å²) in [5.41, 5.74) is 5.07. The second-order valence-corrected chi connectivity index (χ2v) is 10.4. The number of hydrogen-bond donors (Lipinski definition) is 4. The number of esters is 1. The smallest absolute Gasteiger partial charge is 0.459 e. The number of aromatic nitrogens is 3. The number of para-hydroxylation sites is 1. The molecule has 1 aliphatic rings. The lowest BCUT2D eigenvalue weighted by atomic mass is 9.92. The van der Waals surface area contributed by atoms with Crippen molar-refractivity contribution in [1.29, 1.82) is 0 Å². The number of carbonyl (C=O) groups is 1. The Labute approximate surface area is 224 Å². The maximum Gasteiger partial charge on any atom is 0.459 e. The molecule has 0 bridgehead atoms. The van der Waals surface area contributed by atoms with Crippen molar-refractivity contribution in [2.45, 2.75) is 43.8 Å². The Bertz CT molecular complexity index is 1370. The van der Waals surface area contributed by atoms with E-state index in [0.29, 0.717) is 11.2 Å². The first-order chi connectivity index (χ1) is 18.6. The molecule has 3 aromatic rings. The van der Waals surface area contributed by atoms with Crippen LogP contribution in [0, 0.1) is 0 Å². The fourth-order valence-corrected chi connectivity index (χ4v) is 5.75. The summed E-state index contributed by atoms with van der Waals surface area (Å²) in [6, 6.07) is 10.4. The minimum absolute atomic E-state index is 0.127. The summed E-state index contributed by atoms with van der Waals surface area (Å²) < 4.78 is 37.6. The van der Waals surface area contributed by atoms with Gasteiger partial charge in [-0.15, -0.1) is 0 Å². The zero-order chi connectivity index (χ0) is 28.2. The van der Waals surface area contributed by atoms with Crippen LogP contribution in [0.25, 0.3) is 5.52 Å². The molecule has 0 radical (unpaired) electrons. The molecule has 0 amide bonds. The molecule has 0 aliphatic carbocycles. The first-order valence-electron chi connectivity index (χ1n) is 12.1. The first kappa shape index (κ1) is 28.6. The van der Waals surface area contributed by atoms with Gasteiger partial charge in [-0.05, 0) is 38.1 Å². The number of carbonyl (C=O) groups excluding carboxylic acids is 1. The summed E-state index contributed by atoms with van der Waals surface area (Å²) in [5, 5.41) is 28.9. The minimum atomic E-state index is -4.24. The van der Waals surface area contributed by atoms with Crippen molar-refractivity contribution in [3.05, 3.63) is 54.5 Å². The van der Waals surface area contributed by atoms with E-state index in [1.165, 1.54) is 31.0 Å². The summed E-state index contributed by atoms with van der Waals surface area (Å²) in [6.07, 6.45) is -1.64. The largest absolute Gasteiger partial charge is 0.465 e. The van der Waals surface area contributed by atoms with E-state index in [1.807, 2.05) is 0 Å². The zero-order valence-electron chi connectivity index (χ0n) is 21.6. The van der Waals surface area contributed by atoms with Gasteiger partial charge in [0.2, 0.25) is 0 Å². The SMILES string of the molecule is CCOC(=O)[C@H](C)NP(=O)(OC[C@H]1O[C@@](C=NC)(c2ccc3c(N)ncnn23)[C@H](O)[C@@H]1O)Oc1ccccc1. The number of hydrogen-bond acceptors (Lipinski definition) is 12.